The highest BCUT2D eigenvalue weighted by Gasteiger charge is 2.14. The van der Waals surface area contributed by atoms with Crippen LogP contribution in [0.4, 0.5) is 5.69 Å². The van der Waals surface area contributed by atoms with Gasteiger partial charge in [-0.1, -0.05) is 26.0 Å². The standard InChI is InChI=1S/C21H36N2O3/c1-7-25-11-9-23(10-12-26-8-2)15-20(24)22-21-17(5)13-19(16(3)4)14-18(21)6/h13-14,16H,7-12,15H2,1-6H3,(H,22,24). The summed E-state index contributed by atoms with van der Waals surface area (Å²) in [6, 6.07) is 4.32. The lowest BCUT2D eigenvalue weighted by molar-refractivity contribution is -0.117. The third kappa shape index (κ3) is 7.85. The lowest BCUT2D eigenvalue weighted by Gasteiger charge is -2.22. The molecule has 0 heterocycles. The Morgan fingerprint density at radius 2 is 1.54 bits per heavy atom. The number of hydrogen-bond donors (Lipinski definition) is 1. The van der Waals surface area contributed by atoms with Crippen LogP contribution in [0.15, 0.2) is 12.1 Å². The number of anilines is 1. The third-order valence-corrected chi connectivity index (χ3v) is 4.37. The maximum absolute atomic E-state index is 12.6. The van der Waals surface area contributed by atoms with Crippen molar-refractivity contribution in [1.82, 2.24) is 4.90 Å². The first-order valence-corrected chi connectivity index (χ1v) is 9.67. The van der Waals surface area contributed by atoms with E-state index in [2.05, 4.69) is 50.0 Å². The van der Waals surface area contributed by atoms with Gasteiger partial charge < -0.3 is 14.8 Å². The van der Waals surface area contributed by atoms with Crippen molar-refractivity contribution in [3.05, 3.63) is 28.8 Å². The first kappa shape index (κ1) is 22.6. The van der Waals surface area contributed by atoms with Crippen molar-refractivity contribution in [2.45, 2.75) is 47.5 Å². The van der Waals surface area contributed by atoms with Gasteiger partial charge in [0.1, 0.15) is 0 Å². The van der Waals surface area contributed by atoms with Crippen molar-refractivity contribution in [3.63, 3.8) is 0 Å². The minimum atomic E-state index is 0.00138. The van der Waals surface area contributed by atoms with Crippen LogP contribution in [0.1, 0.15) is 50.3 Å². The van der Waals surface area contributed by atoms with Crippen molar-refractivity contribution in [2.24, 2.45) is 0 Å². The van der Waals surface area contributed by atoms with Gasteiger partial charge in [0.15, 0.2) is 0 Å². The summed E-state index contributed by atoms with van der Waals surface area (Å²) in [7, 11) is 0. The first-order valence-electron chi connectivity index (χ1n) is 9.67. The fourth-order valence-electron chi connectivity index (χ4n) is 2.86. The summed E-state index contributed by atoms with van der Waals surface area (Å²) in [6.45, 7) is 16.8. The highest BCUT2D eigenvalue weighted by Crippen LogP contribution is 2.26. The Kier molecular flexibility index (Phi) is 10.5. The summed E-state index contributed by atoms with van der Waals surface area (Å²) < 4.78 is 10.9. The smallest absolute Gasteiger partial charge is 0.238 e. The number of carbonyl (C=O) groups excluding carboxylic acids is 1. The quantitative estimate of drug-likeness (QED) is 0.574. The van der Waals surface area contributed by atoms with E-state index in [9.17, 15) is 4.79 Å². The highest BCUT2D eigenvalue weighted by molar-refractivity contribution is 5.93. The van der Waals surface area contributed by atoms with Gasteiger partial charge >= 0.3 is 0 Å². The highest BCUT2D eigenvalue weighted by atomic mass is 16.5. The number of aryl methyl sites for hydroxylation is 2. The fourth-order valence-corrected chi connectivity index (χ4v) is 2.86. The third-order valence-electron chi connectivity index (χ3n) is 4.37. The number of amides is 1. The Labute approximate surface area is 159 Å². The number of benzene rings is 1. The fraction of sp³-hybridized carbons (Fsp3) is 0.667. The molecule has 0 radical (unpaired) electrons. The molecule has 0 saturated carbocycles. The van der Waals surface area contributed by atoms with E-state index in [1.54, 1.807) is 0 Å². The number of nitrogens with one attached hydrogen (secondary N) is 1. The number of ether oxygens (including phenoxy) is 2. The lowest BCUT2D eigenvalue weighted by Crippen LogP contribution is -2.38. The molecule has 0 aliphatic rings. The summed E-state index contributed by atoms with van der Waals surface area (Å²) in [5.74, 6) is 0.478. The molecule has 0 fully saturated rings. The Morgan fingerprint density at radius 3 is 1.96 bits per heavy atom. The first-order chi connectivity index (χ1) is 12.4. The molecule has 0 unspecified atom stereocenters. The summed E-state index contributed by atoms with van der Waals surface area (Å²) >= 11 is 0. The minimum absolute atomic E-state index is 0.00138. The summed E-state index contributed by atoms with van der Waals surface area (Å²) in [5.41, 5.74) is 4.44. The molecule has 0 aliphatic carbocycles. The van der Waals surface area contributed by atoms with Crippen molar-refractivity contribution in [3.8, 4) is 0 Å². The molecule has 0 bridgehead atoms. The van der Waals surface area contributed by atoms with E-state index >= 15 is 0 Å². The zero-order valence-corrected chi connectivity index (χ0v) is 17.4. The monoisotopic (exact) mass is 364 g/mol. The van der Waals surface area contributed by atoms with Gasteiger partial charge in [-0.05, 0) is 50.3 Å². The summed E-state index contributed by atoms with van der Waals surface area (Å²) in [4.78, 5) is 14.7. The van der Waals surface area contributed by atoms with E-state index in [0.29, 0.717) is 38.9 Å². The van der Waals surface area contributed by atoms with E-state index in [4.69, 9.17) is 9.47 Å². The molecule has 26 heavy (non-hydrogen) atoms. The molecule has 1 N–H and O–H groups in total. The number of rotatable bonds is 12. The van der Waals surface area contributed by atoms with Crippen LogP contribution in [0.3, 0.4) is 0 Å². The average molecular weight is 365 g/mol. The second-order valence-electron chi connectivity index (χ2n) is 6.90. The van der Waals surface area contributed by atoms with E-state index < -0.39 is 0 Å². The molecule has 5 heteroatoms. The predicted octanol–water partition coefficient (Wildman–Crippen LogP) is 3.74. The number of nitrogens with zero attached hydrogens (tertiary/aromatic N) is 1. The largest absolute Gasteiger partial charge is 0.380 e. The molecule has 1 aromatic rings. The van der Waals surface area contributed by atoms with Crippen LogP contribution in [0.5, 0.6) is 0 Å². The molecule has 5 nitrogen and oxygen atoms in total. The average Bonchev–Trinajstić information content (AvgIpc) is 2.58. The number of hydrogen-bond acceptors (Lipinski definition) is 4. The van der Waals surface area contributed by atoms with Gasteiger partial charge in [0.2, 0.25) is 5.91 Å². The Morgan fingerprint density at radius 1 is 1.04 bits per heavy atom. The van der Waals surface area contributed by atoms with Gasteiger partial charge in [-0.2, -0.15) is 0 Å². The zero-order chi connectivity index (χ0) is 19.5. The van der Waals surface area contributed by atoms with Crippen molar-refractivity contribution < 1.29 is 14.3 Å². The second kappa shape index (κ2) is 12.0. The molecule has 1 aromatic carbocycles. The van der Waals surface area contributed by atoms with Crippen LogP contribution in [-0.2, 0) is 14.3 Å². The maximum atomic E-state index is 12.6. The Balaban J connectivity index is 2.71. The molecule has 0 atom stereocenters. The Bertz CT molecular complexity index is 525. The maximum Gasteiger partial charge on any atom is 0.238 e. The molecule has 0 aromatic heterocycles. The Hall–Kier alpha value is -1.43. The molecule has 0 spiro atoms. The van der Waals surface area contributed by atoms with Gasteiger partial charge in [0.25, 0.3) is 0 Å². The molecular formula is C21H36N2O3. The van der Waals surface area contributed by atoms with E-state index in [0.717, 1.165) is 29.9 Å². The van der Waals surface area contributed by atoms with Crippen LogP contribution in [-0.4, -0.2) is 56.9 Å². The van der Waals surface area contributed by atoms with Crippen LogP contribution >= 0.6 is 0 Å². The van der Waals surface area contributed by atoms with Crippen molar-refractivity contribution in [1.29, 1.82) is 0 Å². The molecule has 1 rings (SSSR count). The van der Waals surface area contributed by atoms with Crippen molar-refractivity contribution in [2.75, 3.05) is 51.4 Å². The van der Waals surface area contributed by atoms with E-state index in [-0.39, 0.29) is 5.91 Å². The second-order valence-corrected chi connectivity index (χ2v) is 6.90. The van der Waals surface area contributed by atoms with Gasteiger partial charge in [0.05, 0.1) is 19.8 Å². The SMILES string of the molecule is CCOCCN(CCOCC)CC(=O)Nc1c(C)cc(C(C)C)cc1C. The van der Waals surface area contributed by atoms with E-state index in [1.165, 1.54) is 5.56 Å². The van der Waals surface area contributed by atoms with Gasteiger partial charge in [-0.25, -0.2) is 0 Å². The van der Waals surface area contributed by atoms with E-state index in [1.807, 2.05) is 13.8 Å². The molecule has 148 valence electrons. The van der Waals surface area contributed by atoms with Crippen molar-refractivity contribution >= 4 is 11.6 Å². The number of carbonyl (C=O) groups is 1. The van der Waals surface area contributed by atoms with Crippen LogP contribution in [0, 0.1) is 13.8 Å². The van der Waals surface area contributed by atoms with Crippen LogP contribution in [0.2, 0.25) is 0 Å². The molecular weight excluding hydrogens is 328 g/mol. The zero-order valence-electron chi connectivity index (χ0n) is 17.4. The minimum Gasteiger partial charge on any atom is -0.380 e. The normalized spacial score (nSPS) is 11.4. The lowest BCUT2D eigenvalue weighted by atomic mass is 9.97. The van der Waals surface area contributed by atoms with Gasteiger partial charge in [-0.3, -0.25) is 9.69 Å². The summed E-state index contributed by atoms with van der Waals surface area (Å²) in [5, 5.41) is 3.09. The summed E-state index contributed by atoms with van der Waals surface area (Å²) in [6.07, 6.45) is 0. The topological polar surface area (TPSA) is 50.8 Å². The molecule has 0 saturated heterocycles. The van der Waals surface area contributed by atoms with Gasteiger partial charge in [-0.15, -0.1) is 0 Å². The van der Waals surface area contributed by atoms with Crippen LogP contribution < -0.4 is 5.32 Å². The molecule has 1 amide bonds. The molecule has 0 aliphatic heterocycles. The predicted molar refractivity (Wildman–Crippen MR) is 108 cm³/mol. The van der Waals surface area contributed by atoms with Crippen LogP contribution in [0.25, 0.3) is 0 Å². The van der Waals surface area contributed by atoms with Gasteiger partial charge in [0, 0.05) is 32.0 Å².